The Bertz CT molecular complexity index is 332. The third-order valence-corrected chi connectivity index (χ3v) is 1.66. The summed E-state index contributed by atoms with van der Waals surface area (Å²) in [7, 11) is 0. The molecule has 0 fully saturated rings. The summed E-state index contributed by atoms with van der Waals surface area (Å²) < 4.78 is 26.1. The Balaban J connectivity index is 3.17. The van der Waals surface area contributed by atoms with Crippen molar-refractivity contribution in [3.8, 4) is 6.07 Å². The van der Waals surface area contributed by atoms with Crippen molar-refractivity contribution < 1.29 is 8.78 Å². The van der Waals surface area contributed by atoms with E-state index in [-0.39, 0.29) is 24.1 Å². The van der Waals surface area contributed by atoms with Gasteiger partial charge >= 0.3 is 0 Å². The molecule has 0 aliphatic rings. The van der Waals surface area contributed by atoms with Gasteiger partial charge in [-0.25, -0.2) is 8.78 Å². The molecule has 0 amide bonds. The number of nitrogens with two attached hydrogens (primary N) is 1. The molecule has 0 bridgehead atoms. The van der Waals surface area contributed by atoms with Crippen LogP contribution in [0.5, 0.6) is 0 Å². The molecule has 0 radical (unpaired) electrons. The zero-order chi connectivity index (χ0) is 9.84. The van der Waals surface area contributed by atoms with E-state index in [1.807, 2.05) is 0 Å². The lowest BCUT2D eigenvalue weighted by molar-refractivity contribution is 0.555. The number of benzene rings is 1. The van der Waals surface area contributed by atoms with Gasteiger partial charge in [0.2, 0.25) is 0 Å². The van der Waals surface area contributed by atoms with Crippen LogP contribution < -0.4 is 5.73 Å². The minimum atomic E-state index is -0.706. The van der Waals surface area contributed by atoms with Crippen LogP contribution in [0.2, 0.25) is 0 Å². The van der Waals surface area contributed by atoms with E-state index in [1.54, 1.807) is 6.07 Å². The van der Waals surface area contributed by atoms with E-state index in [2.05, 4.69) is 0 Å². The lowest BCUT2D eigenvalue weighted by atomic mass is 10.1. The van der Waals surface area contributed by atoms with Crippen molar-refractivity contribution in [2.24, 2.45) is 5.73 Å². The van der Waals surface area contributed by atoms with Gasteiger partial charge in [0.25, 0.3) is 0 Å². The van der Waals surface area contributed by atoms with Gasteiger partial charge < -0.3 is 5.73 Å². The molecule has 1 rings (SSSR count). The number of rotatable bonds is 2. The summed E-state index contributed by atoms with van der Waals surface area (Å²) in [4.78, 5) is 0. The van der Waals surface area contributed by atoms with Crippen molar-refractivity contribution in [2.75, 3.05) is 6.54 Å². The summed E-state index contributed by atoms with van der Waals surface area (Å²) in [6, 6.07) is 3.68. The highest BCUT2D eigenvalue weighted by Gasteiger charge is 2.09. The van der Waals surface area contributed by atoms with Gasteiger partial charge in [0, 0.05) is 5.56 Å². The molecule has 1 aromatic rings. The highest BCUT2D eigenvalue weighted by molar-refractivity contribution is 5.34. The van der Waals surface area contributed by atoms with E-state index in [9.17, 15) is 8.78 Å². The molecule has 0 aromatic heterocycles. The minimum absolute atomic E-state index is 0.0178. The maximum absolute atomic E-state index is 13.0. The van der Waals surface area contributed by atoms with Crippen molar-refractivity contribution in [1.82, 2.24) is 0 Å². The summed E-state index contributed by atoms with van der Waals surface area (Å²) in [6.07, 6.45) is 0.142. The lowest BCUT2D eigenvalue weighted by Crippen LogP contribution is -2.07. The van der Waals surface area contributed by atoms with E-state index in [4.69, 9.17) is 11.0 Å². The van der Waals surface area contributed by atoms with Gasteiger partial charge in [0.05, 0.1) is 11.6 Å². The maximum atomic E-state index is 13.0. The van der Waals surface area contributed by atoms with Crippen molar-refractivity contribution >= 4 is 0 Å². The number of hydrogen-bond acceptors (Lipinski definition) is 2. The average Bonchev–Trinajstić information content (AvgIpc) is 2.11. The Labute approximate surface area is 74.6 Å². The second-order valence-corrected chi connectivity index (χ2v) is 2.57. The first-order valence-corrected chi connectivity index (χ1v) is 3.77. The van der Waals surface area contributed by atoms with Crippen LogP contribution in [-0.4, -0.2) is 6.54 Å². The smallest absolute Gasteiger partial charge is 0.130 e. The largest absolute Gasteiger partial charge is 0.330 e. The second-order valence-electron chi connectivity index (χ2n) is 2.57. The normalized spacial score (nSPS) is 9.69. The molecule has 0 aliphatic carbocycles. The molecule has 68 valence electrons. The molecule has 0 atom stereocenters. The van der Waals surface area contributed by atoms with E-state index >= 15 is 0 Å². The SMILES string of the molecule is N#Cc1cc(F)c(CCN)c(F)c1. The highest BCUT2D eigenvalue weighted by atomic mass is 19.1. The number of nitriles is 1. The Morgan fingerprint density at radius 3 is 2.23 bits per heavy atom. The molecule has 0 spiro atoms. The Morgan fingerprint density at radius 2 is 1.85 bits per heavy atom. The first-order valence-electron chi connectivity index (χ1n) is 3.77. The third-order valence-electron chi connectivity index (χ3n) is 1.66. The van der Waals surface area contributed by atoms with Crippen LogP contribution >= 0.6 is 0 Å². The highest BCUT2D eigenvalue weighted by Crippen LogP contribution is 2.15. The van der Waals surface area contributed by atoms with E-state index in [0.29, 0.717) is 0 Å². The van der Waals surface area contributed by atoms with Crippen LogP contribution in [0.4, 0.5) is 8.78 Å². The predicted octanol–water partition coefficient (Wildman–Crippen LogP) is 1.34. The fourth-order valence-corrected chi connectivity index (χ4v) is 1.05. The lowest BCUT2D eigenvalue weighted by Gasteiger charge is -2.02. The number of nitrogens with zero attached hydrogens (tertiary/aromatic N) is 1. The quantitative estimate of drug-likeness (QED) is 0.750. The molecular formula is C9H8F2N2. The zero-order valence-electron chi connectivity index (χ0n) is 6.85. The molecule has 0 saturated heterocycles. The summed E-state index contributed by atoms with van der Waals surface area (Å²) in [5.74, 6) is -1.41. The van der Waals surface area contributed by atoms with Gasteiger partial charge in [0.15, 0.2) is 0 Å². The van der Waals surface area contributed by atoms with Crippen LogP contribution in [-0.2, 0) is 6.42 Å². The fourth-order valence-electron chi connectivity index (χ4n) is 1.05. The second kappa shape index (κ2) is 3.97. The summed E-state index contributed by atoms with van der Waals surface area (Å²) in [5, 5.41) is 8.40. The molecule has 0 unspecified atom stereocenters. The maximum Gasteiger partial charge on any atom is 0.130 e. The van der Waals surface area contributed by atoms with Crippen molar-refractivity contribution in [3.05, 3.63) is 34.9 Å². The number of halogens is 2. The van der Waals surface area contributed by atoms with Gasteiger partial charge in [0.1, 0.15) is 11.6 Å². The van der Waals surface area contributed by atoms with Gasteiger partial charge in [-0.05, 0) is 25.1 Å². The molecule has 13 heavy (non-hydrogen) atoms. The van der Waals surface area contributed by atoms with Crippen LogP contribution in [0.15, 0.2) is 12.1 Å². The van der Waals surface area contributed by atoms with Crippen molar-refractivity contribution in [1.29, 1.82) is 5.26 Å². The van der Waals surface area contributed by atoms with E-state index < -0.39 is 11.6 Å². The summed E-state index contributed by atoms with van der Waals surface area (Å²) in [6.45, 7) is 0.180. The Kier molecular flexibility index (Phi) is 2.93. The van der Waals surface area contributed by atoms with E-state index in [0.717, 1.165) is 12.1 Å². The van der Waals surface area contributed by atoms with Gasteiger partial charge in [-0.15, -0.1) is 0 Å². The molecular weight excluding hydrogens is 174 g/mol. The van der Waals surface area contributed by atoms with Crippen LogP contribution in [0.1, 0.15) is 11.1 Å². The minimum Gasteiger partial charge on any atom is -0.330 e. The Hall–Kier alpha value is -1.47. The topological polar surface area (TPSA) is 49.8 Å². The molecule has 1 aromatic carbocycles. The van der Waals surface area contributed by atoms with Crippen LogP contribution in [0.3, 0.4) is 0 Å². The fraction of sp³-hybridized carbons (Fsp3) is 0.222. The molecule has 2 nitrogen and oxygen atoms in total. The first kappa shape index (κ1) is 9.62. The van der Waals surface area contributed by atoms with E-state index in [1.165, 1.54) is 0 Å². The first-order chi connectivity index (χ1) is 6.19. The zero-order valence-corrected chi connectivity index (χ0v) is 6.85. The average molecular weight is 182 g/mol. The van der Waals surface area contributed by atoms with Crippen molar-refractivity contribution in [2.45, 2.75) is 6.42 Å². The Morgan fingerprint density at radius 1 is 1.31 bits per heavy atom. The summed E-state index contributed by atoms with van der Waals surface area (Å²) in [5.41, 5.74) is 5.10. The molecule has 2 N–H and O–H groups in total. The van der Waals surface area contributed by atoms with Crippen molar-refractivity contribution in [3.63, 3.8) is 0 Å². The molecule has 4 heteroatoms. The predicted molar refractivity (Wildman–Crippen MR) is 43.8 cm³/mol. The van der Waals surface area contributed by atoms with Crippen LogP contribution in [0.25, 0.3) is 0 Å². The van der Waals surface area contributed by atoms with Gasteiger partial charge in [-0.2, -0.15) is 5.26 Å². The standard InChI is InChI=1S/C9H8F2N2/c10-8-3-6(5-13)4-9(11)7(8)1-2-12/h3-4H,1-2,12H2. The monoisotopic (exact) mass is 182 g/mol. The van der Waals surface area contributed by atoms with Gasteiger partial charge in [-0.1, -0.05) is 0 Å². The molecule has 0 saturated carbocycles. The van der Waals surface area contributed by atoms with Crippen LogP contribution in [0, 0.1) is 23.0 Å². The molecule has 0 aliphatic heterocycles. The number of hydrogen-bond donors (Lipinski definition) is 1. The third kappa shape index (κ3) is 2.01. The summed E-state index contributed by atoms with van der Waals surface area (Å²) >= 11 is 0. The van der Waals surface area contributed by atoms with Gasteiger partial charge in [-0.3, -0.25) is 0 Å². The molecule has 0 heterocycles.